The van der Waals surface area contributed by atoms with E-state index in [0.29, 0.717) is 42.0 Å². The second-order valence-electron chi connectivity index (χ2n) is 8.57. The van der Waals surface area contributed by atoms with E-state index in [1.807, 2.05) is 12.1 Å². The molecular weight excluding hydrogens is 462 g/mol. The lowest BCUT2D eigenvalue weighted by Gasteiger charge is -2.20. The van der Waals surface area contributed by atoms with E-state index in [-0.39, 0.29) is 12.5 Å². The first kappa shape index (κ1) is 24.2. The molecule has 0 radical (unpaired) electrons. The quantitative estimate of drug-likeness (QED) is 0.509. The summed E-state index contributed by atoms with van der Waals surface area (Å²) in [4.78, 5) is 14.6. The molecule has 1 saturated heterocycles. The number of rotatable bonds is 11. The minimum Gasteiger partial charge on any atom is -0.493 e. The third-order valence-electron chi connectivity index (χ3n) is 5.47. The zero-order valence-electron chi connectivity index (χ0n) is 19.2. The molecule has 1 heterocycles. The van der Waals surface area contributed by atoms with Crippen LogP contribution < -0.4 is 23.8 Å². The molecule has 0 bridgehead atoms. The van der Waals surface area contributed by atoms with Crippen LogP contribution in [0.4, 0.5) is 5.69 Å². The molecule has 1 saturated carbocycles. The van der Waals surface area contributed by atoms with Crippen LogP contribution in [0.1, 0.15) is 19.3 Å². The average Bonchev–Trinajstić information content (AvgIpc) is 3.54. The van der Waals surface area contributed by atoms with Crippen LogP contribution in [0.2, 0.25) is 0 Å². The Balaban J connectivity index is 1.36. The van der Waals surface area contributed by atoms with Gasteiger partial charge in [0.2, 0.25) is 0 Å². The molecule has 34 heavy (non-hydrogen) atoms. The molecule has 1 amide bonds. The van der Waals surface area contributed by atoms with E-state index >= 15 is 0 Å². The summed E-state index contributed by atoms with van der Waals surface area (Å²) in [6, 6.07) is 12.3. The number of benzene rings is 2. The first-order valence-corrected chi connectivity index (χ1v) is 13.2. The van der Waals surface area contributed by atoms with Gasteiger partial charge in [-0.15, -0.1) is 0 Å². The Labute approximate surface area is 199 Å². The summed E-state index contributed by atoms with van der Waals surface area (Å²) in [6.45, 7) is 0.286. The van der Waals surface area contributed by atoms with E-state index in [0.717, 1.165) is 24.8 Å². The number of carbonyl (C=O) groups is 1. The third-order valence-corrected chi connectivity index (χ3v) is 6.46. The standard InChI is InChI=1S/C24H29NO8S/c1-30-23-13-16(3-10-21(23)31-14-17(26)15-34(2,28)29)25-12-11-22(24(25)27)33-20-8-6-19(7-9-20)32-18-4-5-18/h3,6-10,13,17-18,22,26H,4-5,11-12,14-15H2,1-2H3/t17-,22?/m0/s1. The Hall–Kier alpha value is -2.98. The second kappa shape index (κ2) is 10.1. The van der Waals surface area contributed by atoms with Crippen molar-refractivity contribution in [1.29, 1.82) is 0 Å². The van der Waals surface area contributed by atoms with Crippen molar-refractivity contribution in [3.63, 3.8) is 0 Å². The topological polar surface area (TPSA) is 112 Å². The van der Waals surface area contributed by atoms with Gasteiger partial charge in [0.05, 0.1) is 19.0 Å². The molecule has 184 valence electrons. The minimum absolute atomic E-state index is 0.155. The van der Waals surface area contributed by atoms with Gasteiger partial charge in [-0.1, -0.05) is 0 Å². The number of anilines is 1. The smallest absolute Gasteiger partial charge is 0.268 e. The van der Waals surface area contributed by atoms with E-state index in [1.54, 1.807) is 35.2 Å². The number of aliphatic hydroxyl groups is 1. The molecular formula is C24H29NO8S. The van der Waals surface area contributed by atoms with Gasteiger partial charge in [0, 0.05) is 31.0 Å². The fraction of sp³-hybridized carbons (Fsp3) is 0.458. The largest absolute Gasteiger partial charge is 0.493 e. The lowest BCUT2D eigenvalue weighted by Crippen LogP contribution is -2.32. The molecule has 0 spiro atoms. The molecule has 1 N–H and O–H groups in total. The molecule has 1 aliphatic heterocycles. The molecule has 0 aromatic heterocycles. The van der Waals surface area contributed by atoms with Gasteiger partial charge in [-0.2, -0.15) is 0 Å². The van der Waals surface area contributed by atoms with Crippen molar-refractivity contribution in [3.8, 4) is 23.0 Å². The number of amides is 1. The van der Waals surface area contributed by atoms with Crippen LogP contribution in [0, 0.1) is 0 Å². The van der Waals surface area contributed by atoms with Gasteiger partial charge in [0.1, 0.15) is 34.0 Å². The minimum atomic E-state index is -3.32. The maximum Gasteiger partial charge on any atom is 0.268 e. The Morgan fingerprint density at radius 3 is 2.32 bits per heavy atom. The van der Waals surface area contributed by atoms with Gasteiger partial charge in [0.25, 0.3) is 5.91 Å². The van der Waals surface area contributed by atoms with E-state index in [1.165, 1.54) is 7.11 Å². The van der Waals surface area contributed by atoms with Crippen molar-refractivity contribution in [1.82, 2.24) is 0 Å². The van der Waals surface area contributed by atoms with Crippen molar-refractivity contribution < 1.29 is 37.3 Å². The molecule has 9 nitrogen and oxygen atoms in total. The summed E-state index contributed by atoms with van der Waals surface area (Å²) in [5.41, 5.74) is 0.630. The molecule has 10 heteroatoms. The number of hydrogen-bond donors (Lipinski definition) is 1. The van der Waals surface area contributed by atoms with Crippen LogP contribution in [-0.2, 0) is 14.6 Å². The fourth-order valence-corrected chi connectivity index (χ4v) is 4.48. The SMILES string of the molecule is COc1cc(N2CCC(Oc3ccc(OC4CC4)cc3)C2=O)ccc1OC[C@H](O)CS(C)(=O)=O. The highest BCUT2D eigenvalue weighted by molar-refractivity contribution is 7.90. The van der Waals surface area contributed by atoms with E-state index < -0.39 is 27.8 Å². The Morgan fingerprint density at radius 1 is 1.03 bits per heavy atom. The zero-order chi connectivity index (χ0) is 24.3. The van der Waals surface area contributed by atoms with Crippen molar-refractivity contribution >= 4 is 21.4 Å². The summed E-state index contributed by atoms with van der Waals surface area (Å²) in [5.74, 6) is 1.56. The van der Waals surface area contributed by atoms with Gasteiger partial charge in [0.15, 0.2) is 17.6 Å². The fourth-order valence-electron chi connectivity index (χ4n) is 3.69. The summed E-state index contributed by atoms with van der Waals surface area (Å²) in [6.07, 6.45) is 2.34. The number of hydrogen-bond acceptors (Lipinski definition) is 8. The summed E-state index contributed by atoms with van der Waals surface area (Å²) < 4.78 is 45.2. The van der Waals surface area contributed by atoms with Crippen LogP contribution in [0.25, 0.3) is 0 Å². The third kappa shape index (κ3) is 6.32. The van der Waals surface area contributed by atoms with Gasteiger partial charge in [-0.05, 0) is 49.2 Å². The number of ether oxygens (including phenoxy) is 4. The van der Waals surface area contributed by atoms with Crippen LogP contribution in [0.5, 0.6) is 23.0 Å². The van der Waals surface area contributed by atoms with Crippen molar-refractivity contribution in [2.75, 3.05) is 37.2 Å². The first-order valence-electron chi connectivity index (χ1n) is 11.1. The highest BCUT2D eigenvalue weighted by Gasteiger charge is 2.35. The summed E-state index contributed by atoms with van der Waals surface area (Å²) in [7, 11) is -1.86. The lowest BCUT2D eigenvalue weighted by molar-refractivity contribution is -0.122. The van der Waals surface area contributed by atoms with E-state index in [9.17, 15) is 18.3 Å². The number of sulfone groups is 1. The monoisotopic (exact) mass is 491 g/mol. The molecule has 4 rings (SSSR count). The number of nitrogens with zero attached hydrogens (tertiary/aromatic N) is 1. The number of aliphatic hydroxyl groups excluding tert-OH is 1. The van der Waals surface area contributed by atoms with Gasteiger partial charge in [-0.3, -0.25) is 4.79 Å². The first-order chi connectivity index (χ1) is 16.2. The molecule has 1 unspecified atom stereocenters. The Kier molecular flexibility index (Phi) is 7.18. The molecule has 2 fully saturated rings. The molecule has 2 aromatic rings. The summed E-state index contributed by atoms with van der Waals surface area (Å²) >= 11 is 0. The lowest BCUT2D eigenvalue weighted by atomic mass is 10.2. The van der Waals surface area contributed by atoms with Crippen LogP contribution >= 0.6 is 0 Å². The molecule has 2 aliphatic rings. The van der Waals surface area contributed by atoms with Crippen molar-refractivity contribution in [2.24, 2.45) is 0 Å². The predicted molar refractivity (Wildman–Crippen MR) is 126 cm³/mol. The molecule has 2 aromatic carbocycles. The Bertz CT molecular complexity index is 1110. The maximum atomic E-state index is 13.0. The van der Waals surface area contributed by atoms with Gasteiger partial charge >= 0.3 is 0 Å². The molecule has 2 atom stereocenters. The van der Waals surface area contributed by atoms with Crippen LogP contribution in [-0.4, -0.2) is 70.0 Å². The molecule has 1 aliphatic carbocycles. The van der Waals surface area contributed by atoms with Gasteiger partial charge in [-0.25, -0.2) is 8.42 Å². The number of methoxy groups -OCH3 is 1. The van der Waals surface area contributed by atoms with E-state index in [4.69, 9.17) is 18.9 Å². The van der Waals surface area contributed by atoms with Gasteiger partial charge < -0.3 is 29.0 Å². The second-order valence-corrected chi connectivity index (χ2v) is 10.8. The Morgan fingerprint density at radius 2 is 1.71 bits per heavy atom. The average molecular weight is 492 g/mol. The van der Waals surface area contributed by atoms with Crippen molar-refractivity contribution in [2.45, 2.75) is 37.6 Å². The highest BCUT2D eigenvalue weighted by atomic mass is 32.2. The summed E-state index contributed by atoms with van der Waals surface area (Å²) in [5, 5.41) is 9.86. The predicted octanol–water partition coefficient (Wildman–Crippen LogP) is 2.21. The van der Waals surface area contributed by atoms with Crippen LogP contribution in [0.15, 0.2) is 42.5 Å². The zero-order valence-corrected chi connectivity index (χ0v) is 20.0. The van der Waals surface area contributed by atoms with Crippen LogP contribution in [0.3, 0.4) is 0 Å². The number of carbonyl (C=O) groups excluding carboxylic acids is 1. The maximum absolute atomic E-state index is 13.0. The van der Waals surface area contributed by atoms with E-state index in [2.05, 4.69) is 0 Å². The normalized spacial score (nSPS) is 19.1. The highest BCUT2D eigenvalue weighted by Crippen LogP contribution is 2.34. The van der Waals surface area contributed by atoms with Crippen molar-refractivity contribution in [3.05, 3.63) is 42.5 Å².